The number of primary amides is 1. The largest absolute Gasteiger partial charge is 0.496 e. The minimum Gasteiger partial charge on any atom is -0.496 e. The number of nitrogens with zero attached hydrogens (tertiary/aromatic N) is 1. The van der Waals surface area contributed by atoms with Crippen molar-refractivity contribution in [3.05, 3.63) is 30.0 Å². The number of carbonyl (C=O) groups excluding carboxylic acids is 4. The van der Waals surface area contributed by atoms with Gasteiger partial charge in [0.1, 0.15) is 23.5 Å². The summed E-state index contributed by atoms with van der Waals surface area (Å²) in [5, 5.41) is 6.19. The number of likely N-dealkylation sites (tertiary alicyclic amines) is 1. The molecular formula is C23H29N5O5. The number of rotatable bonds is 8. The van der Waals surface area contributed by atoms with Gasteiger partial charge in [-0.15, -0.1) is 0 Å². The zero-order valence-electron chi connectivity index (χ0n) is 18.7. The topological polar surface area (TPSA) is 147 Å². The molecule has 0 spiro atoms. The number of hydrogen-bond acceptors (Lipinski definition) is 5. The van der Waals surface area contributed by atoms with E-state index in [1.165, 1.54) is 4.90 Å². The lowest BCUT2D eigenvalue weighted by atomic mass is 9.84. The SMILES string of the molecule is CC[C@H]1CN(C(=O)c2cc3c(OC)cccc3[nH]2)[C@@H]1C(=O)N[C@@H](C[C@@H]1CCNC1=O)C(N)=O. The highest BCUT2D eigenvalue weighted by atomic mass is 16.5. The fraction of sp³-hybridized carbons (Fsp3) is 0.478. The van der Waals surface area contributed by atoms with Crippen LogP contribution in [0.2, 0.25) is 0 Å². The number of H-pyrrole nitrogens is 1. The van der Waals surface area contributed by atoms with Crippen LogP contribution in [-0.4, -0.2) is 65.8 Å². The first-order chi connectivity index (χ1) is 15.8. The molecule has 1 aromatic heterocycles. The van der Waals surface area contributed by atoms with Gasteiger partial charge in [-0.2, -0.15) is 0 Å². The van der Waals surface area contributed by atoms with Gasteiger partial charge in [-0.25, -0.2) is 0 Å². The third-order valence-electron chi connectivity index (χ3n) is 6.68. The van der Waals surface area contributed by atoms with E-state index < -0.39 is 23.9 Å². The fourth-order valence-electron chi connectivity index (χ4n) is 4.73. The standard InChI is InChI=1S/C23H29N5O5/c1-3-12-11-28(23(32)17-10-14-15(26-17)5-4-6-18(14)33-2)19(12)22(31)27-16(20(24)29)9-13-7-8-25-21(13)30/h4-6,10,12-13,16,19,26H,3,7-9,11H2,1-2H3,(H2,24,29)(H,25,30)(H,27,31)/t12-,13-,16-,19-/m0/s1. The van der Waals surface area contributed by atoms with Crippen molar-refractivity contribution in [2.45, 2.75) is 38.3 Å². The second-order valence-electron chi connectivity index (χ2n) is 8.65. The quantitative estimate of drug-likeness (QED) is 0.458. The van der Waals surface area contributed by atoms with E-state index in [0.717, 1.165) is 10.9 Å². The number of fused-ring (bicyclic) bond motifs is 1. The maximum absolute atomic E-state index is 13.2. The van der Waals surface area contributed by atoms with Gasteiger partial charge in [0, 0.05) is 35.8 Å². The number of aromatic amines is 1. The van der Waals surface area contributed by atoms with Gasteiger partial charge in [-0.3, -0.25) is 19.2 Å². The minimum absolute atomic E-state index is 0.0313. The first-order valence-corrected chi connectivity index (χ1v) is 11.2. The number of ether oxygens (including phenoxy) is 1. The summed E-state index contributed by atoms with van der Waals surface area (Å²) in [6.07, 6.45) is 1.44. The van der Waals surface area contributed by atoms with E-state index in [9.17, 15) is 19.2 Å². The summed E-state index contributed by atoms with van der Waals surface area (Å²) in [5.41, 5.74) is 6.62. The second kappa shape index (κ2) is 9.13. The smallest absolute Gasteiger partial charge is 0.271 e. The van der Waals surface area contributed by atoms with Gasteiger partial charge in [0.05, 0.1) is 7.11 Å². The number of carbonyl (C=O) groups is 4. The summed E-state index contributed by atoms with van der Waals surface area (Å²) in [6, 6.07) is 5.52. The van der Waals surface area contributed by atoms with Crippen molar-refractivity contribution >= 4 is 34.5 Å². The monoisotopic (exact) mass is 455 g/mol. The van der Waals surface area contributed by atoms with Crippen molar-refractivity contribution in [1.29, 1.82) is 0 Å². The number of amides is 4. The van der Waals surface area contributed by atoms with Gasteiger partial charge in [0.15, 0.2) is 0 Å². The zero-order chi connectivity index (χ0) is 23.7. The van der Waals surface area contributed by atoms with E-state index in [1.54, 1.807) is 13.2 Å². The lowest BCUT2D eigenvalue weighted by molar-refractivity contribution is -0.137. The van der Waals surface area contributed by atoms with E-state index in [4.69, 9.17) is 10.5 Å². The van der Waals surface area contributed by atoms with Gasteiger partial charge in [0.25, 0.3) is 5.91 Å². The van der Waals surface area contributed by atoms with Crippen molar-refractivity contribution < 1.29 is 23.9 Å². The molecule has 2 fully saturated rings. The molecule has 5 N–H and O–H groups in total. The molecule has 0 saturated carbocycles. The van der Waals surface area contributed by atoms with E-state index in [1.807, 2.05) is 25.1 Å². The van der Waals surface area contributed by atoms with Crippen LogP contribution in [0, 0.1) is 11.8 Å². The predicted molar refractivity (Wildman–Crippen MR) is 120 cm³/mol. The normalized spacial score (nSPS) is 23.0. The molecule has 1 aromatic carbocycles. The molecular weight excluding hydrogens is 426 g/mol. The molecule has 4 rings (SSSR count). The number of nitrogens with one attached hydrogen (secondary N) is 3. The van der Waals surface area contributed by atoms with Crippen LogP contribution in [0.3, 0.4) is 0 Å². The Morgan fingerprint density at radius 3 is 2.76 bits per heavy atom. The molecule has 10 heteroatoms. The number of benzene rings is 1. The second-order valence-corrected chi connectivity index (χ2v) is 8.65. The van der Waals surface area contributed by atoms with Gasteiger partial charge in [-0.05, 0) is 37.5 Å². The summed E-state index contributed by atoms with van der Waals surface area (Å²) in [6.45, 7) is 2.93. The summed E-state index contributed by atoms with van der Waals surface area (Å²) >= 11 is 0. The molecule has 0 bridgehead atoms. The van der Waals surface area contributed by atoms with Crippen LogP contribution < -0.4 is 21.1 Å². The molecule has 33 heavy (non-hydrogen) atoms. The minimum atomic E-state index is -0.973. The Bertz CT molecular complexity index is 1100. The average Bonchev–Trinajstić information content (AvgIpc) is 3.38. The molecule has 2 saturated heterocycles. The highest BCUT2D eigenvalue weighted by molar-refractivity contribution is 6.02. The number of hydrogen-bond donors (Lipinski definition) is 4. The van der Waals surface area contributed by atoms with Crippen LogP contribution in [0.15, 0.2) is 24.3 Å². The van der Waals surface area contributed by atoms with E-state index in [2.05, 4.69) is 15.6 Å². The maximum Gasteiger partial charge on any atom is 0.271 e. The summed E-state index contributed by atoms with van der Waals surface area (Å²) in [5.74, 6) is -1.33. The Morgan fingerprint density at radius 2 is 2.12 bits per heavy atom. The van der Waals surface area contributed by atoms with Crippen molar-refractivity contribution in [3.63, 3.8) is 0 Å². The molecule has 10 nitrogen and oxygen atoms in total. The molecule has 4 atom stereocenters. The van der Waals surface area contributed by atoms with Crippen molar-refractivity contribution in [2.24, 2.45) is 17.6 Å². The van der Waals surface area contributed by atoms with Crippen molar-refractivity contribution in [2.75, 3.05) is 20.2 Å². The number of nitrogens with two attached hydrogens (primary N) is 1. The van der Waals surface area contributed by atoms with Crippen LogP contribution >= 0.6 is 0 Å². The lowest BCUT2D eigenvalue weighted by Crippen LogP contribution is -2.66. The molecule has 0 unspecified atom stereocenters. The first-order valence-electron chi connectivity index (χ1n) is 11.2. The number of aromatic nitrogens is 1. The summed E-state index contributed by atoms with van der Waals surface area (Å²) in [7, 11) is 1.56. The van der Waals surface area contributed by atoms with Crippen LogP contribution in [0.4, 0.5) is 0 Å². The molecule has 0 aliphatic carbocycles. The lowest BCUT2D eigenvalue weighted by Gasteiger charge is -2.46. The third-order valence-corrected chi connectivity index (χ3v) is 6.68. The zero-order valence-corrected chi connectivity index (χ0v) is 18.7. The molecule has 2 aromatic rings. The summed E-state index contributed by atoms with van der Waals surface area (Å²) in [4.78, 5) is 54.9. The fourth-order valence-corrected chi connectivity index (χ4v) is 4.73. The van der Waals surface area contributed by atoms with Crippen LogP contribution in [0.25, 0.3) is 10.9 Å². The maximum atomic E-state index is 13.2. The van der Waals surface area contributed by atoms with Crippen LogP contribution in [-0.2, 0) is 14.4 Å². The van der Waals surface area contributed by atoms with Crippen molar-refractivity contribution in [1.82, 2.24) is 20.5 Å². The summed E-state index contributed by atoms with van der Waals surface area (Å²) < 4.78 is 5.36. The highest BCUT2D eigenvalue weighted by Gasteiger charge is 2.47. The van der Waals surface area contributed by atoms with Crippen LogP contribution in [0.1, 0.15) is 36.7 Å². The molecule has 3 heterocycles. The van der Waals surface area contributed by atoms with Crippen LogP contribution in [0.5, 0.6) is 5.75 Å². The predicted octanol–water partition coefficient (Wildman–Crippen LogP) is 0.523. The van der Waals surface area contributed by atoms with Gasteiger partial charge >= 0.3 is 0 Å². The molecule has 4 amide bonds. The van der Waals surface area contributed by atoms with Gasteiger partial charge in [-0.1, -0.05) is 13.0 Å². The first kappa shape index (κ1) is 22.6. The van der Waals surface area contributed by atoms with Crippen molar-refractivity contribution in [3.8, 4) is 5.75 Å². The Morgan fingerprint density at radius 1 is 1.33 bits per heavy atom. The molecule has 2 aliphatic heterocycles. The Balaban J connectivity index is 1.50. The van der Waals surface area contributed by atoms with E-state index in [-0.39, 0.29) is 30.1 Å². The third kappa shape index (κ3) is 4.24. The van der Waals surface area contributed by atoms with E-state index in [0.29, 0.717) is 37.4 Å². The molecule has 176 valence electrons. The Kier molecular flexibility index (Phi) is 6.26. The molecule has 2 aliphatic rings. The molecule has 0 radical (unpaired) electrons. The highest BCUT2D eigenvalue weighted by Crippen LogP contribution is 2.32. The van der Waals surface area contributed by atoms with Gasteiger partial charge < -0.3 is 31.0 Å². The Labute approximate surface area is 191 Å². The van der Waals surface area contributed by atoms with E-state index >= 15 is 0 Å². The Hall–Kier alpha value is -3.56. The number of methoxy groups -OCH3 is 1. The average molecular weight is 456 g/mol. The van der Waals surface area contributed by atoms with Gasteiger partial charge in [0.2, 0.25) is 17.7 Å².